The lowest BCUT2D eigenvalue weighted by atomic mass is 10.2. The molecule has 1 fully saturated rings. The number of nitrogens with zero attached hydrogens (tertiary/aromatic N) is 3. The van der Waals surface area contributed by atoms with Gasteiger partial charge >= 0.3 is 6.18 Å². The fourth-order valence-electron chi connectivity index (χ4n) is 2.26. The molecule has 0 saturated carbocycles. The summed E-state index contributed by atoms with van der Waals surface area (Å²) in [7, 11) is 0. The molecule has 0 N–H and O–H groups in total. The summed E-state index contributed by atoms with van der Waals surface area (Å²) < 4.78 is 39.8. The monoisotopic (exact) mass is 283 g/mol. The van der Waals surface area contributed by atoms with Crippen molar-refractivity contribution in [1.29, 1.82) is 0 Å². The van der Waals surface area contributed by atoms with Crippen LogP contribution in [0.1, 0.15) is 17.7 Å². The van der Waals surface area contributed by atoms with E-state index in [4.69, 9.17) is 0 Å². The highest BCUT2D eigenvalue weighted by Crippen LogP contribution is 2.29. The fourth-order valence-corrected chi connectivity index (χ4v) is 2.26. The molecule has 1 aliphatic heterocycles. The minimum absolute atomic E-state index is 0.0253. The maximum atomic E-state index is 12.9. The van der Waals surface area contributed by atoms with Crippen LogP contribution >= 0.6 is 0 Å². The van der Waals surface area contributed by atoms with Gasteiger partial charge in [0.25, 0.3) is 5.56 Å². The SMILES string of the molecule is Cc1c(C(F)(F)F)nc2cc(N3CCC3)ccn2c1=O. The molecule has 20 heavy (non-hydrogen) atoms. The second kappa shape index (κ2) is 4.22. The van der Waals surface area contributed by atoms with E-state index in [0.29, 0.717) is 0 Å². The number of aromatic nitrogens is 2. The van der Waals surface area contributed by atoms with Gasteiger partial charge in [-0.3, -0.25) is 9.20 Å². The molecule has 3 heterocycles. The van der Waals surface area contributed by atoms with Crippen LogP contribution in [0.4, 0.5) is 18.9 Å². The number of fused-ring (bicyclic) bond motifs is 1. The Bertz CT molecular complexity index is 732. The first-order chi connectivity index (χ1) is 9.38. The summed E-state index contributed by atoms with van der Waals surface area (Å²) in [6.07, 6.45) is -2.08. The molecule has 0 unspecified atom stereocenters. The smallest absolute Gasteiger partial charge is 0.371 e. The van der Waals surface area contributed by atoms with E-state index in [1.165, 1.54) is 12.3 Å². The molecule has 0 aliphatic carbocycles. The highest BCUT2D eigenvalue weighted by atomic mass is 19.4. The van der Waals surface area contributed by atoms with Crippen molar-refractivity contribution in [2.24, 2.45) is 0 Å². The maximum absolute atomic E-state index is 12.9. The van der Waals surface area contributed by atoms with E-state index in [1.807, 2.05) is 4.90 Å². The summed E-state index contributed by atoms with van der Waals surface area (Å²) in [5, 5.41) is 0. The standard InChI is InChI=1S/C13H12F3N3O/c1-8-11(13(14,15)16)17-10-7-9(18-4-2-5-18)3-6-19(10)12(8)20/h3,6-7H,2,4-5H2,1H3. The summed E-state index contributed by atoms with van der Waals surface area (Å²) in [4.78, 5) is 17.6. The largest absolute Gasteiger partial charge is 0.433 e. The molecule has 2 aromatic heterocycles. The minimum atomic E-state index is -4.62. The van der Waals surface area contributed by atoms with Crippen molar-refractivity contribution in [3.63, 3.8) is 0 Å². The van der Waals surface area contributed by atoms with Gasteiger partial charge in [-0.05, 0) is 19.4 Å². The number of alkyl halides is 3. The summed E-state index contributed by atoms with van der Waals surface area (Å²) in [5.41, 5.74) is -1.36. The molecule has 106 valence electrons. The Morgan fingerprint density at radius 2 is 2.00 bits per heavy atom. The first-order valence-electron chi connectivity index (χ1n) is 6.23. The van der Waals surface area contributed by atoms with E-state index in [1.54, 1.807) is 6.07 Å². The molecule has 7 heteroatoms. The first-order valence-corrected chi connectivity index (χ1v) is 6.23. The number of hydrogen-bond acceptors (Lipinski definition) is 3. The molecular formula is C13H12F3N3O. The Morgan fingerprint density at radius 3 is 2.55 bits per heavy atom. The highest BCUT2D eigenvalue weighted by molar-refractivity contribution is 5.57. The number of pyridine rings is 1. The molecule has 1 aliphatic rings. The van der Waals surface area contributed by atoms with Gasteiger partial charge in [-0.2, -0.15) is 13.2 Å². The topological polar surface area (TPSA) is 37.6 Å². The molecular weight excluding hydrogens is 271 g/mol. The lowest BCUT2D eigenvalue weighted by molar-refractivity contribution is -0.141. The Balaban J connectivity index is 2.23. The van der Waals surface area contributed by atoms with Crippen molar-refractivity contribution in [2.45, 2.75) is 19.5 Å². The molecule has 0 atom stereocenters. The predicted octanol–water partition coefficient (Wildman–Crippen LogP) is 2.23. The van der Waals surface area contributed by atoms with Crippen LogP contribution in [0.3, 0.4) is 0 Å². The van der Waals surface area contributed by atoms with Gasteiger partial charge in [0.05, 0.1) is 0 Å². The summed E-state index contributed by atoms with van der Waals surface area (Å²) in [6, 6.07) is 3.25. The molecule has 0 radical (unpaired) electrons. The molecule has 0 aromatic carbocycles. The van der Waals surface area contributed by atoms with Crippen LogP contribution in [0.2, 0.25) is 0 Å². The van der Waals surface area contributed by atoms with Crippen molar-refractivity contribution in [3.8, 4) is 0 Å². The van der Waals surface area contributed by atoms with Crippen molar-refractivity contribution >= 4 is 11.3 Å². The molecule has 0 spiro atoms. The van der Waals surface area contributed by atoms with E-state index in [2.05, 4.69) is 4.98 Å². The van der Waals surface area contributed by atoms with Crippen LogP contribution in [-0.4, -0.2) is 22.5 Å². The Labute approximate surface area is 112 Å². The number of anilines is 1. The fraction of sp³-hybridized carbons (Fsp3) is 0.385. The van der Waals surface area contributed by atoms with Crippen molar-refractivity contribution in [2.75, 3.05) is 18.0 Å². The van der Waals surface area contributed by atoms with Crippen LogP contribution in [0, 0.1) is 6.92 Å². The average Bonchev–Trinajstić information content (AvgIpc) is 2.30. The van der Waals surface area contributed by atoms with Crippen molar-refractivity contribution < 1.29 is 13.2 Å². The predicted molar refractivity (Wildman–Crippen MR) is 68.0 cm³/mol. The van der Waals surface area contributed by atoms with Gasteiger partial charge in [-0.1, -0.05) is 0 Å². The van der Waals surface area contributed by atoms with Gasteiger partial charge in [0.2, 0.25) is 0 Å². The van der Waals surface area contributed by atoms with Gasteiger partial charge in [0.1, 0.15) is 5.65 Å². The second-order valence-corrected chi connectivity index (χ2v) is 4.84. The minimum Gasteiger partial charge on any atom is -0.371 e. The molecule has 2 aromatic rings. The van der Waals surface area contributed by atoms with Crippen LogP contribution in [-0.2, 0) is 6.18 Å². The zero-order valence-corrected chi connectivity index (χ0v) is 10.7. The number of hydrogen-bond donors (Lipinski definition) is 0. The van der Waals surface area contributed by atoms with E-state index in [-0.39, 0.29) is 11.2 Å². The van der Waals surface area contributed by atoms with Gasteiger partial charge in [-0.25, -0.2) is 4.98 Å². The Morgan fingerprint density at radius 1 is 1.30 bits per heavy atom. The van der Waals surface area contributed by atoms with E-state index < -0.39 is 17.4 Å². The van der Waals surface area contributed by atoms with Crippen molar-refractivity contribution in [3.05, 3.63) is 39.9 Å². The molecule has 3 rings (SSSR count). The van der Waals surface area contributed by atoms with E-state index in [9.17, 15) is 18.0 Å². The zero-order valence-electron chi connectivity index (χ0n) is 10.7. The third-order valence-corrected chi connectivity index (χ3v) is 3.53. The van der Waals surface area contributed by atoms with E-state index >= 15 is 0 Å². The lowest BCUT2D eigenvalue weighted by Crippen LogP contribution is -2.37. The quantitative estimate of drug-likeness (QED) is 0.805. The van der Waals surface area contributed by atoms with Gasteiger partial charge in [0, 0.05) is 36.6 Å². The number of rotatable bonds is 1. The third-order valence-electron chi connectivity index (χ3n) is 3.53. The lowest BCUT2D eigenvalue weighted by Gasteiger charge is -2.33. The highest BCUT2D eigenvalue weighted by Gasteiger charge is 2.36. The second-order valence-electron chi connectivity index (χ2n) is 4.84. The maximum Gasteiger partial charge on any atom is 0.433 e. The summed E-state index contributed by atoms with van der Waals surface area (Å²) >= 11 is 0. The van der Waals surface area contributed by atoms with Gasteiger partial charge in [0.15, 0.2) is 5.69 Å². The third kappa shape index (κ3) is 1.93. The van der Waals surface area contributed by atoms with Gasteiger partial charge < -0.3 is 4.90 Å². The molecule has 4 nitrogen and oxygen atoms in total. The average molecular weight is 283 g/mol. The zero-order chi connectivity index (χ0) is 14.5. The molecule has 0 bridgehead atoms. The molecule has 0 amide bonds. The van der Waals surface area contributed by atoms with Crippen LogP contribution in [0.25, 0.3) is 5.65 Å². The van der Waals surface area contributed by atoms with E-state index in [0.717, 1.165) is 36.5 Å². The van der Waals surface area contributed by atoms with Crippen LogP contribution < -0.4 is 10.5 Å². The van der Waals surface area contributed by atoms with Crippen LogP contribution in [0.5, 0.6) is 0 Å². The Kier molecular flexibility index (Phi) is 2.74. The molecule has 1 saturated heterocycles. The number of halogens is 3. The Hall–Kier alpha value is -2.05. The normalized spacial score (nSPS) is 15.5. The van der Waals surface area contributed by atoms with Crippen molar-refractivity contribution in [1.82, 2.24) is 9.38 Å². The van der Waals surface area contributed by atoms with Gasteiger partial charge in [-0.15, -0.1) is 0 Å². The van der Waals surface area contributed by atoms with Crippen LogP contribution in [0.15, 0.2) is 23.1 Å². The summed E-state index contributed by atoms with van der Waals surface area (Å²) in [6.45, 7) is 2.89. The summed E-state index contributed by atoms with van der Waals surface area (Å²) in [5.74, 6) is 0. The first kappa shape index (κ1) is 13.0.